The standard InChI is InChI=1S/C13H25N3O2/c1-11(2)13(18)16-9-7-15(8-10-16)12(17)5-3-4-6-14/h11H,3-10,14H2,1-2H3. The fourth-order valence-corrected chi connectivity index (χ4v) is 2.12. The van der Waals surface area contributed by atoms with Crippen LogP contribution in [0.2, 0.25) is 0 Å². The van der Waals surface area contributed by atoms with E-state index in [0.29, 0.717) is 39.1 Å². The van der Waals surface area contributed by atoms with Gasteiger partial charge in [0.15, 0.2) is 0 Å². The molecule has 0 unspecified atom stereocenters. The molecule has 1 heterocycles. The Bertz CT molecular complexity index is 284. The van der Waals surface area contributed by atoms with Crippen LogP contribution in [0.3, 0.4) is 0 Å². The Kier molecular flexibility index (Phi) is 6.12. The number of amides is 2. The fourth-order valence-electron chi connectivity index (χ4n) is 2.12. The normalized spacial score (nSPS) is 16.2. The van der Waals surface area contributed by atoms with Crippen molar-refractivity contribution in [3.63, 3.8) is 0 Å². The van der Waals surface area contributed by atoms with E-state index in [4.69, 9.17) is 5.73 Å². The molecule has 104 valence electrons. The molecule has 0 aromatic rings. The smallest absolute Gasteiger partial charge is 0.225 e. The minimum atomic E-state index is 0.0387. The fraction of sp³-hybridized carbons (Fsp3) is 0.846. The van der Waals surface area contributed by atoms with E-state index in [1.807, 2.05) is 23.6 Å². The molecule has 0 atom stereocenters. The Labute approximate surface area is 109 Å². The Morgan fingerprint density at radius 3 is 2.11 bits per heavy atom. The summed E-state index contributed by atoms with van der Waals surface area (Å²) in [6.45, 7) is 7.13. The molecule has 1 aliphatic heterocycles. The summed E-state index contributed by atoms with van der Waals surface area (Å²) in [6.07, 6.45) is 2.34. The van der Waals surface area contributed by atoms with E-state index in [1.165, 1.54) is 0 Å². The van der Waals surface area contributed by atoms with Crippen molar-refractivity contribution >= 4 is 11.8 Å². The van der Waals surface area contributed by atoms with Gasteiger partial charge < -0.3 is 15.5 Å². The van der Waals surface area contributed by atoms with E-state index in [2.05, 4.69) is 0 Å². The van der Waals surface area contributed by atoms with Gasteiger partial charge in [-0.2, -0.15) is 0 Å². The third kappa shape index (κ3) is 4.29. The first-order chi connectivity index (χ1) is 8.56. The molecule has 18 heavy (non-hydrogen) atoms. The van der Waals surface area contributed by atoms with Crippen molar-refractivity contribution in [3.05, 3.63) is 0 Å². The van der Waals surface area contributed by atoms with Gasteiger partial charge in [-0.3, -0.25) is 9.59 Å². The first-order valence-corrected chi connectivity index (χ1v) is 6.83. The van der Waals surface area contributed by atoms with Crippen molar-refractivity contribution in [3.8, 4) is 0 Å². The van der Waals surface area contributed by atoms with Gasteiger partial charge in [0, 0.05) is 38.5 Å². The highest BCUT2D eigenvalue weighted by Gasteiger charge is 2.24. The van der Waals surface area contributed by atoms with Crippen LogP contribution in [0.15, 0.2) is 0 Å². The Morgan fingerprint density at radius 2 is 1.61 bits per heavy atom. The molecule has 0 spiro atoms. The average Bonchev–Trinajstić information content (AvgIpc) is 2.38. The van der Waals surface area contributed by atoms with Crippen LogP contribution in [0.5, 0.6) is 0 Å². The molecule has 1 aliphatic rings. The molecule has 0 radical (unpaired) electrons. The summed E-state index contributed by atoms with van der Waals surface area (Å²) in [5, 5.41) is 0. The highest BCUT2D eigenvalue weighted by molar-refractivity contribution is 5.79. The molecule has 0 aromatic carbocycles. The Morgan fingerprint density at radius 1 is 1.06 bits per heavy atom. The predicted octanol–water partition coefficient (Wildman–Crippen LogP) is 0.442. The van der Waals surface area contributed by atoms with Crippen molar-refractivity contribution in [1.29, 1.82) is 0 Å². The molecular weight excluding hydrogens is 230 g/mol. The molecular formula is C13H25N3O2. The predicted molar refractivity (Wildman–Crippen MR) is 70.9 cm³/mol. The SMILES string of the molecule is CC(C)C(=O)N1CCN(C(=O)CCCCN)CC1. The van der Waals surface area contributed by atoms with Crippen LogP contribution in [0.4, 0.5) is 0 Å². The molecule has 5 nitrogen and oxygen atoms in total. The third-order valence-corrected chi connectivity index (χ3v) is 3.28. The second-order valence-corrected chi connectivity index (χ2v) is 5.11. The summed E-state index contributed by atoms with van der Waals surface area (Å²) in [4.78, 5) is 27.4. The van der Waals surface area contributed by atoms with E-state index in [1.54, 1.807) is 0 Å². The number of piperazine rings is 1. The van der Waals surface area contributed by atoms with Crippen LogP contribution in [-0.4, -0.2) is 54.3 Å². The second kappa shape index (κ2) is 7.36. The molecule has 2 N–H and O–H groups in total. The quantitative estimate of drug-likeness (QED) is 0.725. The van der Waals surface area contributed by atoms with Gasteiger partial charge in [-0.05, 0) is 19.4 Å². The molecule has 1 saturated heterocycles. The molecule has 2 amide bonds. The summed E-state index contributed by atoms with van der Waals surface area (Å²) in [7, 11) is 0. The molecule has 0 saturated carbocycles. The number of unbranched alkanes of at least 4 members (excludes halogenated alkanes) is 1. The van der Waals surface area contributed by atoms with Crippen LogP contribution >= 0.6 is 0 Å². The maximum Gasteiger partial charge on any atom is 0.225 e. The first kappa shape index (κ1) is 15.0. The summed E-state index contributed by atoms with van der Waals surface area (Å²) < 4.78 is 0. The lowest BCUT2D eigenvalue weighted by Gasteiger charge is -2.35. The molecule has 1 rings (SSSR count). The lowest BCUT2D eigenvalue weighted by atomic mass is 10.1. The van der Waals surface area contributed by atoms with E-state index in [-0.39, 0.29) is 17.7 Å². The molecule has 1 fully saturated rings. The number of nitrogens with zero attached hydrogens (tertiary/aromatic N) is 2. The topological polar surface area (TPSA) is 66.6 Å². The highest BCUT2D eigenvalue weighted by Crippen LogP contribution is 2.09. The van der Waals surface area contributed by atoms with Gasteiger partial charge in [0.2, 0.25) is 11.8 Å². The lowest BCUT2D eigenvalue weighted by molar-refractivity contribution is -0.141. The van der Waals surface area contributed by atoms with E-state index < -0.39 is 0 Å². The number of carbonyl (C=O) groups excluding carboxylic acids is 2. The van der Waals surface area contributed by atoms with Crippen LogP contribution in [-0.2, 0) is 9.59 Å². The zero-order valence-electron chi connectivity index (χ0n) is 11.5. The lowest BCUT2D eigenvalue weighted by Crippen LogP contribution is -2.51. The van der Waals surface area contributed by atoms with Crippen LogP contribution in [0.1, 0.15) is 33.1 Å². The zero-order chi connectivity index (χ0) is 13.5. The van der Waals surface area contributed by atoms with Gasteiger partial charge in [-0.15, -0.1) is 0 Å². The molecule has 0 bridgehead atoms. The van der Waals surface area contributed by atoms with E-state index >= 15 is 0 Å². The van der Waals surface area contributed by atoms with Crippen LogP contribution < -0.4 is 5.73 Å². The van der Waals surface area contributed by atoms with Gasteiger partial charge in [-0.25, -0.2) is 0 Å². The molecule has 0 aromatic heterocycles. The Balaban J connectivity index is 2.30. The number of nitrogens with two attached hydrogens (primary N) is 1. The molecule has 0 aliphatic carbocycles. The van der Waals surface area contributed by atoms with E-state index in [0.717, 1.165) is 12.8 Å². The maximum absolute atomic E-state index is 11.9. The van der Waals surface area contributed by atoms with Crippen molar-refractivity contribution in [2.24, 2.45) is 11.7 Å². The number of hydrogen-bond donors (Lipinski definition) is 1. The zero-order valence-corrected chi connectivity index (χ0v) is 11.5. The van der Waals surface area contributed by atoms with Gasteiger partial charge >= 0.3 is 0 Å². The minimum Gasteiger partial charge on any atom is -0.339 e. The maximum atomic E-state index is 11.9. The monoisotopic (exact) mass is 255 g/mol. The van der Waals surface area contributed by atoms with Crippen molar-refractivity contribution in [1.82, 2.24) is 9.80 Å². The van der Waals surface area contributed by atoms with Crippen molar-refractivity contribution < 1.29 is 9.59 Å². The van der Waals surface area contributed by atoms with Crippen LogP contribution in [0.25, 0.3) is 0 Å². The minimum absolute atomic E-state index is 0.0387. The summed E-state index contributed by atoms with van der Waals surface area (Å²) in [6, 6.07) is 0. The van der Waals surface area contributed by atoms with Crippen LogP contribution in [0, 0.1) is 5.92 Å². The van der Waals surface area contributed by atoms with Gasteiger partial charge in [0.1, 0.15) is 0 Å². The number of carbonyl (C=O) groups is 2. The number of hydrogen-bond acceptors (Lipinski definition) is 3. The second-order valence-electron chi connectivity index (χ2n) is 5.11. The summed E-state index contributed by atoms with van der Waals surface area (Å²) in [5.74, 6) is 0.419. The summed E-state index contributed by atoms with van der Waals surface area (Å²) in [5.41, 5.74) is 5.40. The van der Waals surface area contributed by atoms with Crippen molar-refractivity contribution in [2.45, 2.75) is 33.1 Å². The summed E-state index contributed by atoms with van der Waals surface area (Å²) >= 11 is 0. The van der Waals surface area contributed by atoms with Gasteiger partial charge in [0.25, 0.3) is 0 Å². The first-order valence-electron chi connectivity index (χ1n) is 6.83. The molecule has 5 heteroatoms. The highest BCUT2D eigenvalue weighted by atomic mass is 16.2. The Hall–Kier alpha value is -1.10. The van der Waals surface area contributed by atoms with Gasteiger partial charge in [-0.1, -0.05) is 13.8 Å². The van der Waals surface area contributed by atoms with E-state index in [9.17, 15) is 9.59 Å². The number of rotatable bonds is 5. The third-order valence-electron chi connectivity index (χ3n) is 3.28. The van der Waals surface area contributed by atoms with Crippen molar-refractivity contribution in [2.75, 3.05) is 32.7 Å². The van der Waals surface area contributed by atoms with Gasteiger partial charge in [0.05, 0.1) is 0 Å². The largest absolute Gasteiger partial charge is 0.339 e. The average molecular weight is 255 g/mol.